The number of thiazole rings is 1. The Bertz CT molecular complexity index is 926. The predicted octanol–water partition coefficient (Wildman–Crippen LogP) is 2.39. The molecular formula is C21H27N5OS. The lowest BCUT2D eigenvalue weighted by molar-refractivity contribution is 0.0958. The molecule has 0 unspecified atom stereocenters. The van der Waals surface area contributed by atoms with Crippen molar-refractivity contribution in [2.45, 2.75) is 12.8 Å². The zero-order valence-corrected chi connectivity index (χ0v) is 17.1. The van der Waals surface area contributed by atoms with Crippen molar-refractivity contribution in [2.24, 2.45) is 0 Å². The highest BCUT2D eigenvalue weighted by Gasteiger charge is 2.15. The molecule has 1 aliphatic rings. The van der Waals surface area contributed by atoms with Crippen molar-refractivity contribution in [1.82, 2.24) is 25.1 Å². The number of H-pyrrole nitrogens is 1. The van der Waals surface area contributed by atoms with E-state index in [2.05, 4.69) is 44.3 Å². The fourth-order valence-electron chi connectivity index (χ4n) is 3.59. The molecule has 3 aromatic rings. The van der Waals surface area contributed by atoms with Gasteiger partial charge in [-0.15, -0.1) is 11.3 Å². The Morgan fingerprint density at radius 3 is 2.89 bits per heavy atom. The number of benzene rings is 1. The Balaban J connectivity index is 1.24. The van der Waals surface area contributed by atoms with Gasteiger partial charge in [0.15, 0.2) is 0 Å². The number of nitrogens with zero attached hydrogens (tertiary/aromatic N) is 3. The van der Waals surface area contributed by atoms with Gasteiger partial charge in [-0.1, -0.05) is 18.2 Å². The molecule has 0 aliphatic carbocycles. The predicted molar refractivity (Wildman–Crippen MR) is 114 cm³/mol. The maximum atomic E-state index is 12.4. The molecule has 28 heavy (non-hydrogen) atoms. The van der Waals surface area contributed by atoms with Gasteiger partial charge in [-0.05, 0) is 25.1 Å². The summed E-state index contributed by atoms with van der Waals surface area (Å²) in [5.41, 5.74) is 2.37. The van der Waals surface area contributed by atoms with E-state index in [0.29, 0.717) is 11.4 Å². The number of piperazine rings is 1. The first kappa shape index (κ1) is 19.1. The van der Waals surface area contributed by atoms with E-state index in [-0.39, 0.29) is 5.91 Å². The second-order valence-electron chi connectivity index (χ2n) is 7.38. The number of likely N-dealkylation sites (N-methyl/N-ethyl adjacent to an activating group) is 1. The van der Waals surface area contributed by atoms with Gasteiger partial charge in [-0.3, -0.25) is 4.79 Å². The minimum absolute atomic E-state index is 0.0248. The van der Waals surface area contributed by atoms with Crippen LogP contribution in [0, 0.1) is 0 Å². The summed E-state index contributed by atoms with van der Waals surface area (Å²) < 4.78 is 0. The van der Waals surface area contributed by atoms with Crippen LogP contribution in [0.1, 0.15) is 20.2 Å². The zero-order valence-electron chi connectivity index (χ0n) is 16.3. The molecule has 6 nitrogen and oxygen atoms in total. The number of rotatable bonds is 7. The average molecular weight is 398 g/mol. The molecule has 7 heteroatoms. The van der Waals surface area contributed by atoms with Crippen LogP contribution in [0.4, 0.5) is 0 Å². The second kappa shape index (κ2) is 8.86. The lowest BCUT2D eigenvalue weighted by Crippen LogP contribution is -2.45. The Kier molecular flexibility index (Phi) is 6.04. The molecule has 1 fully saturated rings. The summed E-state index contributed by atoms with van der Waals surface area (Å²) in [4.78, 5) is 25.7. The second-order valence-corrected chi connectivity index (χ2v) is 8.49. The number of hydrogen-bond acceptors (Lipinski definition) is 5. The normalized spacial score (nSPS) is 15.9. The number of aromatic nitrogens is 2. The van der Waals surface area contributed by atoms with Crippen LogP contribution in [0.3, 0.4) is 0 Å². The molecule has 1 aromatic carbocycles. The van der Waals surface area contributed by atoms with Crippen molar-refractivity contribution < 1.29 is 4.79 Å². The maximum absolute atomic E-state index is 12.4. The highest BCUT2D eigenvalue weighted by Crippen LogP contribution is 2.18. The summed E-state index contributed by atoms with van der Waals surface area (Å²) in [6.45, 7) is 6.12. The van der Waals surface area contributed by atoms with Crippen LogP contribution >= 0.6 is 11.3 Å². The SMILES string of the molecule is CN1CCN(CCc2ncc(C(=O)NCCc3c[nH]c4ccccc34)s2)CC1. The number of carbonyl (C=O) groups excluding carboxylic acids is 1. The van der Waals surface area contributed by atoms with Crippen LogP contribution in [-0.4, -0.2) is 72.0 Å². The molecule has 0 atom stereocenters. The van der Waals surface area contributed by atoms with Crippen molar-refractivity contribution >= 4 is 28.1 Å². The topological polar surface area (TPSA) is 64.3 Å². The van der Waals surface area contributed by atoms with Crippen LogP contribution in [0.15, 0.2) is 36.7 Å². The smallest absolute Gasteiger partial charge is 0.263 e. The van der Waals surface area contributed by atoms with Crippen LogP contribution in [-0.2, 0) is 12.8 Å². The molecule has 0 spiro atoms. The van der Waals surface area contributed by atoms with Gasteiger partial charge in [-0.25, -0.2) is 4.98 Å². The number of hydrogen-bond donors (Lipinski definition) is 2. The van der Waals surface area contributed by atoms with Crippen molar-refractivity contribution in [3.8, 4) is 0 Å². The van der Waals surface area contributed by atoms with E-state index in [0.717, 1.165) is 56.1 Å². The standard InChI is InChI=1S/C21H27N5OS/c1-25-10-12-26(13-11-25)9-7-20-24-15-19(28-20)21(27)22-8-6-16-14-23-18-5-3-2-4-17(16)18/h2-5,14-15,23H,6-13H2,1H3,(H,22,27). The van der Waals surface area contributed by atoms with Gasteiger partial charge in [0.2, 0.25) is 0 Å². The van der Waals surface area contributed by atoms with E-state index in [1.54, 1.807) is 6.20 Å². The first-order valence-corrected chi connectivity index (χ1v) is 10.7. The number of para-hydroxylation sites is 1. The molecular weight excluding hydrogens is 370 g/mol. The van der Waals surface area contributed by atoms with Crippen molar-refractivity contribution in [3.63, 3.8) is 0 Å². The van der Waals surface area contributed by atoms with E-state index in [1.807, 2.05) is 18.3 Å². The van der Waals surface area contributed by atoms with Crippen LogP contribution in [0.2, 0.25) is 0 Å². The molecule has 4 rings (SSSR count). The summed E-state index contributed by atoms with van der Waals surface area (Å²) in [6, 6.07) is 8.24. The first-order chi connectivity index (χ1) is 13.7. The molecule has 0 bridgehead atoms. The highest BCUT2D eigenvalue weighted by atomic mass is 32.1. The highest BCUT2D eigenvalue weighted by molar-refractivity contribution is 7.13. The lowest BCUT2D eigenvalue weighted by Gasteiger charge is -2.32. The molecule has 2 N–H and O–H groups in total. The number of fused-ring (bicyclic) bond motifs is 1. The molecule has 3 heterocycles. The third kappa shape index (κ3) is 4.60. The van der Waals surface area contributed by atoms with Crippen molar-refractivity contribution in [3.05, 3.63) is 52.1 Å². The third-order valence-corrected chi connectivity index (χ3v) is 6.43. The molecule has 0 saturated carbocycles. The third-order valence-electron chi connectivity index (χ3n) is 5.37. The summed E-state index contributed by atoms with van der Waals surface area (Å²) >= 11 is 1.51. The monoisotopic (exact) mass is 397 g/mol. The molecule has 1 aliphatic heterocycles. The van der Waals surface area contributed by atoms with Crippen LogP contribution in [0.5, 0.6) is 0 Å². The number of carbonyl (C=O) groups is 1. The fraction of sp³-hybridized carbons (Fsp3) is 0.429. The Morgan fingerprint density at radius 2 is 2.04 bits per heavy atom. The molecule has 0 radical (unpaired) electrons. The van der Waals surface area contributed by atoms with Gasteiger partial charge < -0.3 is 20.1 Å². The molecule has 1 amide bonds. The minimum Gasteiger partial charge on any atom is -0.361 e. The van der Waals surface area contributed by atoms with E-state index in [9.17, 15) is 4.79 Å². The van der Waals surface area contributed by atoms with Crippen molar-refractivity contribution in [2.75, 3.05) is 46.3 Å². The quantitative estimate of drug-likeness (QED) is 0.643. The summed E-state index contributed by atoms with van der Waals surface area (Å²) in [5, 5.41) is 5.29. The number of amides is 1. The minimum atomic E-state index is -0.0248. The van der Waals surface area contributed by atoms with E-state index in [4.69, 9.17) is 0 Å². The van der Waals surface area contributed by atoms with Gasteiger partial charge in [-0.2, -0.15) is 0 Å². The lowest BCUT2D eigenvalue weighted by atomic mass is 10.1. The Labute approximate surface area is 169 Å². The summed E-state index contributed by atoms with van der Waals surface area (Å²) in [6.07, 6.45) is 5.47. The van der Waals surface area contributed by atoms with Gasteiger partial charge in [0.25, 0.3) is 5.91 Å². The van der Waals surface area contributed by atoms with E-state index >= 15 is 0 Å². The summed E-state index contributed by atoms with van der Waals surface area (Å²) in [7, 11) is 2.17. The van der Waals surface area contributed by atoms with Gasteiger partial charge in [0, 0.05) is 62.8 Å². The average Bonchev–Trinajstić information content (AvgIpc) is 3.35. The zero-order chi connectivity index (χ0) is 19.3. The summed E-state index contributed by atoms with van der Waals surface area (Å²) in [5.74, 6) is -0.0248. The number of nitrogens with one attached hydrogen (secondary N) is 2. The maximum Gasteiger partial charge on any atom is 0.263 e. The Morgan fingerprint density at radius 1 is 1.21 bits per heavy atom. The Hall–Kier alpha value is -2.22. The van der Waals surface area contributed by atoms with E-state index in [1.165, 1.54) is 22.3 Å². The van der Waals surface area contributed by atoms with Gasteiger partial charge in [0.1, 0.15) is 4.88 Å². The fourth-order valence-corrected chi connectivity index (χ4v) is 4.42. The van der Waals surface area contributed by atoms with Gasteiger partial charge in [0.05, 0.1) is 11.2 Å². The molecule has 2 aromatic heterocycles. The number of aromatic amines is 1. The van der Waals surface area contributed by atoms with Gasteiger partial charge >= 0.3 is 0 Å². The molecule has 1 saturated heterocycles. The molecule has 148 valence electrons. The van der Waals surface area contributed by atoms with Crippen LogP contribution in [0.25, 0.3) is 10.9 Å². The van der Waals surface area contributed by atoms with Crippen LogP contribution < -0.4 is 5.32 Å². The largest absolute Gasteiger partial charge is 0.361 e. The first-order valence-electron chi connectivity index (χ1n) is 9.88. The van der Waals surface area contributed by atoms with E-state index < -0.39 is 0 Å². The van der Waals surface area contributed by atoms with Crippen molar-refractivity contribution in [1.29, 1.82) is 0 Å².